The van der Waals surface area contributed by atoms with Crippen molar-refractivity contribution in [2.75, 3.05) is 13.2 Å². The first-order valence-corrected chi connectivity index (χ1v) is 9.45. The molecule has 136 valence electrons. The maximum Gasteiger partial charge on any atom is 0.143 e. The van der Waals surface area contributed by atoms with Crippen LogP contribution in [0.4, 0.5) is 0 Å². The molecule has 3 nitrogen and oxygen atoms in total. The Morgan fingerprint density at radius 3 is 1.59 bits per heavy atom. The van der Waals surface area contributed by atoms with Gasteiger partial charge in [0.25, 0.3) is 0 Å². The lowest BCUT2D eigenvalue weighted by Gasteiger charge is -2.36. The first-order valence-electron chi connectivity index (χ1n) is 9.45. The van der Waals surface area contributed by atoms with E-state index in [1.807, 2.05) is 18.2 Å². The van der Waals surface area contributed by atoms with E-state index >= 15 is 0 Å². The summed E-state index contributed by atoms with van der Waals surface area (Å²) < 4.78 is 18.3. The molecule has 3 aromatic carbocycles. The Balaban J connectivity index is 1.62. The van der Waals surface area contributed by atoms with Crippen LogP contribution in [0.3, 0.4) is 0 Å². The molecule has 5 rings (SSSR count). The molecule has 3 aromatic rings. The van der Waals surface area contributed by atoms with Gasteiger partial charge in [-0.25, -0.2) is 0 Å². The molecule has 3 heteroatoms. The van der Waals surface area contributed by atoms with E-state index in [4.69, 9.17) is 14.2 Å². The Hall–Kier alpha value is -2.46. The number of benzene rings is 3. The monoisotopic (exact) mass is 358 g/mol. The van der Waals surface area contributed by atoms with E-state index in [-0.39, 0.29) is 18.3 Å². The van der Waals surface area contributed by atoms with Gasteiger partial charge in [-0.2, -0.15) is 0 Å². The van der Waals surface area contributed by atoms with Crippen molar-refractivity contribution in [1.82, 2.24) is 0 Å². The van der Waals surface area contributed by atoms with E-state index in [2.05, 4.69) is 72.8 Å². The van der Waals surface area contributed by atoms with Gasteiger partial charge in [0, 0.05) is 0 Å². The van der Waals surface area contributed by atoms with Crippen molar-refractivity contribution >= 4 is 0 Å². The Morgan fingerprint density at radius 1 is 0.741 bits per heavy atom. The molecule has 2 heterocycles. The summed E-state index contributed by atoms with van der Waals surface area (Å²) in [5.74, 6) is 0. The molecule has 0 unspecified atom stereocenters. The molecule has 0 amide bonds. The zero-order valence-electron chi connectivity index (χ0n) is 15.0. The van der Waals surface area contributed by atoms with Crippen molar-refractivity contribution in [2.45, 2.75) is 23.9 Å². The van der Waals surface area contributed by atoms with E-state index in [1.165, 1.54) is 0 Å². The third-order valence-corrected chi connectivity index (χ3v) is 5.47. The average Bonchev–Trinajstić information content (AvgIpc) is 3.43. The number of epoxide rings is 1. The van der Waals surface area contributed by atoms with E-state index < -0.39 is 5.60 Å². The molecular formula is C24H22O3. The van der Waals surface area contributed by atoms with E-state index in [0.29, 0.717) is 13.2 Å². The quantitative estimate of drug-likeness (QED) is 0.490. The lowest BCUT2D eigenvalue weighted by Crippen LogP contribution is -2.36. The summed E-state index contributed by atoms with van der Waals surface area (Å²) in [6, 6.07) is 31.3. The highest BCUT2D eigenvalue weighted by Crippen LogP contribution is 2.42. The average molecular weight is 358 g/mol. The number of hydrogen-bond acceptors (Lipinski definition) is 3. The highest BCUT2D eigenvalue weighted by molar-refractivity contribution is 5.47. The van der Waals surface area contributed by atoms with Gasteiger partial charge in [0.05, 0.1) is 13.2 Å². The first kappa shape index (κ1) is 16.7. The molecule has 0 saturated carbocycles. The molecule has 0 aliphatic carbocycles. The van der Waals surface area contributed by atoms with Gasteiger partial charge in [0.2, 0.25) is 0 Å². The summed E-state index contributed by atoms with van der Waals surface area (Å²) in [4.78, 5) is 0. The fraction of sp³-hybridized carbons (Fsp3) is 0.250. The molecule has 0 bridgehead atoms. The van der Waals surface area contributed by atoms with Gasteiger partial charge in [-0.3, -0.25) is 0 Å². The molecule has 0 spiro atoms. The minimum atomic E-state index is -0.694. The minimum Gasteiger partial charge on any atom is -0.370 e. The highest BCUT2D eigenvalue weighted by atomic mass is 16.7. The number of hydrogen-bond donors (Lipinski definition) is 0. The van der Waals surface area contributed by atoms with Crippen LogP contribution in [-0.4, -0.2) is 31.5 Å². The molecule has 0 aromatic heterocycles. The van der Waals surface area contributed by atoms with Crippen molar-refractivity contribution < 1.29 is 14.2 Å². The maximum atomic E-state index is 6.76. The summed E-state index contributed by atoms with van der Waals surface area (Å²) in [6.07, 6.45) is 0.439. The predicted octanol–water partition coefficient (Wildman–Crippen LogP) is 4.16. The van der Waals surface area contributed by atoms with Crippen LogP contribution >= 0.6 is 0 Å². The van der Waals surface area contributed by atoms with Crippen molar-refractivity contribution in [3.63, 3.8) is 0 Å². The number of rotatable bonds is 6. The van der Waals surface area contributed by atoms with Crippen LogP contribution in [0.5, 0.6) is 0 Å². The van der Waals surface area contributed by atoms with Gasteiger partial charge in [-0.15, -0.1) is 0 Å². The van der Waals surface area contributed by atoms with Crippen molar-refractivity contribution in [3.8, 4) is 0 Å². The molecule has 2 fully saturated rings. The predicted molar refractivity (Wildman–Crippen MR) is 104 cm³/mol. The molecule has 0 N–H and O–H groups in total. The van der Waals surface area contributed by atoms with Crippen LogP contribution in [-0.2, 0) is 19.8 Å². The molecule has 2 saturated heterocycles. The fourth-order valence-corrected chi connectivity index (χ4v) is 4.05. The van der Waals surface area contributed by atoms with Gasteiger partial charge in [-0.1, -0.05) is 91.0 Å². The summed E-state index contributed by atoms with van der Waals surface area (Å²) in [6.45, 7) is 1.16. The Kier molecular flexibility index (Phi) is 4.29. The van der Waals surface area contributed by atoms with Crippen molar-refractivity contribution in [2.24, 2.45) is 0 Å². The lowest BCUT2D eigenvalue weighted by molar-refractivity contribution is -0.0702. The SMILES string of the molecule is c1ccc(C(OC[C@H]2OC[C@H]3O[C@@H]23)(c2ccccc2)c2ccccc2)cc1. The van der Waals surface area contributed by atoms with Gasteiger partial charge in [0.1, 0.15) is 23.9 Å². The summed E-state index contributed by atoms with van der Waals surface area (Å²) in [5.41, 5.74) is 2.62. The van der Waals surface area contributed by atoms with E-state index in [0.717, 1.165) is 16.7 Å². The first-order chi connectivity index (χ1) is 13.4. The van der Waals surface area contributed by atoms with Crippen molar-refractivity contribution in [1.29, 1.82) is 0 Å². The second-order valence-electron chi connectivity index (χ2n) is 7.10. The van der Waals surface area contributed by atoms with Crippen molar-refractivity contribution in [3.05, 3.63) is 108 Å². The van der Waals surface area contributed by atoms with Crippen LogP contribution < -0.4 is 0 Å². The number of ether oxygens (including phenoxy) is 3. The smallest absolute Gasteiger partial charge is 0.143 e. The summed E-state index contributed by atoms with van der Waals surface area (Å²) in [7, 11) is 0. The summed E-state index contributed by atoms with van der Waals surface area (Å²) in [5, 5.41) is 0. The minimum absolute atomic E-state index is 0.00879. The molecule has 2 aliphatic rings. The molecule has 27 heavy (non-hydrogen) atoms. The zero-order chi connectivity index (χ0) is 18.1. The fourth-order valence-electron chi connectivity index (χ4n) is 4.05. The van der Waals surface area contributed by atoms with E-state index in [9.17, 15) is 0 Å². The van der Waals surface area contributed by atoms with Gasteiger partial charge < -0.3 is 14.2 Å². The van der Waals surface area contributed by atoms with Crippen LogP contribution in [0.1, 0.15) is 16.7 Å². The third kappa shape index (κ3) is 2.98. The van der Waals surface area contributed by atoms with Crippen LogP contribution in [0.25, 0.3) is 0 Å². The van der Waals surface area contributed by atoms with Gasteiger partial charge in [0.15, 0.2) is 0 Å². The largest absolute Gasteiger partial charge is 0.370 e. The zero-order valence-corrected chi connectivity index (χ0v) is 15.0. The van der Waals surface area contributed by atoms with Gasteiger partial charge >= 0.3 is 0 Å². The standard InChI is InChI=1S/C24H22O3/c1-4-10-18(11-5-1)24(19-12-6-2-7-13-19,20-14-8-3-9-15-20)26-17-21-23-22(27-23)16-25-21/h1-15,21-23H,16-17H2/t21-,22-,23+/m1/s1. The van der Waals surface area contributed by atoms with Gasteiger partial charge in [-0.05, 0) is 16.7 Å². The van der Waals surface area contributed by atoms with Crippen LogP contribution in [0.15, 0.2) is 91.0 Å². The Morgan fingerprint density at radius 2 is 1.22 bits per heavy atom. The maximum absolute atomic E-state index is 6.76. The third-order valence-electron chi connectivity index (χ3n) is 5.47. The Bertz CT molecular complexity index is 783. The Labute approximate surface area is 159 Å². The summed E-state index contributed by atoms with van der Waals surface area (Å²) >= 11 is 0. The lowest BCUT2D eigenvalue weighted by atomic mass is 9.80. The normalized spacial score (nSPS) is 23.8. The van der Waals surface area contributed by atoms with E-state index in [1.54, 1.807) is 0 Å². The van der Waals surface area contributed by atoms with Crippen LogP contribution in [0.2, 0.25) is 0 Å². The molecule has 3 atom stereocenters. The second kappa shape index (κ2) is 6.93. The molecular weight excluding hydrogens is 336 g/mol. The topological polar surface area (TPSA) is 31.0 Å². The number of fused-ring (bicyclic) bond motifs is 1. The highest BCUT2D eigenvalue weighted by Gasteiger charge is 2.52. The van der Waals surface area contributed by atoms with Crippen LogP contribution in [0, 0.1) is 0 Å². The molecule has 0 radical (unpaired) electrons. The second-order valence-corrected chi connectivity index (χ2v) is 7.10. The molecule has 2 aliphatic heterocycles.